The highest BCUT2D eigenvalue weighted by Crippen LogP contribution is 2.38. The molecule has 0 aromatic heterocycles. The molecule has 0 saturated carbocycles. The van der Waals surface area contributed by atoms with E-state index in [9.17, 15) is 4.79 Å². The van der Waals surface area contributed by atoms with Crippen LogP contribution in [0.25, 0.3) is 0 Å². The molecule has 0 saturated heterocycles. The molecular formula is C14H20N2OS. The van der Waals surface area contributed by atoms with Crippen LogP contribution in [0, 0.1) is 0 Å². The van der Waals surface area contributed by atoms with Crippen molar-refractivity contribution in [1.29, 1.82) is 0 Å². The van der Waals surface area contributed by atoms with Crippen LogP contribution in [0.3, 0.4) is 0 Å². The van der Waals surface area contributed by atoms with E-state index in [1.165, 1.54) is 4.90 Å². The van der Waals surface area contributed by atoms with E-state index in [0.29, 0.717) is 0 Å². The molecule has 1 heterocycles. The Morgan fingerprint density at radius 1 is 1.33 bits per heavy atom. The third-order valence-electron chi connectivity index (χ3n) is 3.24. The highest BCUT2D eigenvalue weighted by Gasteiger charge is 2.35. The standard InChI is InChI=1S/C14H20N2OS/c1-9(2)16-11-7-5-6-8-12(11)18-10(3)13(15-4)14(16)17/h5-10,13,15H,1-4H3. The molecule has 1 amide bonds. The average Bonchev–Trinajstić information content (AvgIpc) is 2.41. The maximum atomic E-state index is 12.6. The van der Waals surface area contributed by atoms with Crippen molar-refractivity contribution in [2.75, 3.05) is 11.9 Å². The van der Waals surface area contributed by atoms with Gasteiger partial charge in [-0.2, -0.15) is 0 Å². The lowest BCUT2D eigenvalue weighted by atomic mass is 10.1. The molecule has 1 aliphatic rings. The molecule has 0 radical (unpaired) electrons. The number of likely N-dealkylation sites (N-methyl/N-ethyl adjacent to an activating group) is 1. The lowest BCUT2D eigenvalue weighted by Crippen LogP contribution is -2.51. The lowest BCUT2D eigenvalue weighted by molar-refractivity contribution is -0.120. The Morgan fingerprint density at radius 2 is 2.00 bits per heavy atom. The summed E-state index contributed by atoms with van der Waals surface area (Å²) >= 11 is 1.77. The van der Waals surface area contributed by atoms with Gasteiger partial charge in [-0.1, -0.05) is 19.1 Å². The summed E-state index contributed by atoms with van der Waals surface area (Å²) in [4.78, 5) is 15.7. The number of nitrogens with one attached hydrogen (secondary N) is 1. The topological polar surface area (TPSA) is 32.3 Å². The number of hydrogen-bond acceptors (Lipinski definition) is 3. The number of anilines is 1. The van der Waals surface area contributed by atoms with E-state index in [0.717, 1.165) is 5.69 Å². The zero-order valence-corrected chi connectivity index (χ0v) is 12.1. The summed E-state index contributed by atoms with van der Waals surface area (Å²) in [5.41, 5.74) is 1.03. The van der Waals surface area contributed by atoms with Gasteiger partial charge < -0.3 is 10.2 Å². The molecule has 4 heteroatoms. The molecule has 0 spiro atoms. The minimum absolute atomic E-state index is 0.134. The Labute approximate surface area is 113 Å². The van der Waals surface area contributed by atoms with Crippen molar-refractivity contribution >= 4 is 23.4 Å². The summed E-state index contributed by atoms with van der Waals surface area (Å²) in [5, 5.41) is 3.38. The van der Waals surface area contributed by atoms with Gasteiger partial charge in [0, 0.05) is 16.2 Å². The monoisotopic (exact) mass is 264 g/mol. The fourth-order valence-electron chi connectivity index (χ4n) is 2.38. The minimum atomic E-state index is -0.134. The number of carbonyl (C=O) groups excluding carboxylic acids is 1. The van der Waals surface area contributed by atoms with E-state index >= 15 is 0 Å². The third kappa shape index (κ3) is 2.27. The molecule has 2 rings (SSSR count). The summed E-state index contributed by atoms with van der Waals surface area (Å²) in [6, 6.07) is 8.18. The van der Waals surface area contributed by atoms with E-state index in [1.807, 2.05) is 30.1 Å². The number of benzene rings is 1. The number of amides is 1. The van der Waals surface area contributed by atoms with Crippen LogP contribution in [0.2, 0.25) is 0 Å². The van der Waals surface area contributed by atoms with Gasteiger partial charge in [-0.15, -0.1) is 11.8 Å². The number of para-hydroxylation sites is 1. The van der Waals surface area contributed by atoms with Crippen molar-refractivity contribution in [1.82, 2.24) is 5.32 Å². The third-order valence-corrected chi connectivity index (χ3v) is 4.48. The Balaban J connectivity index is 2.52. The first kappa shape index (κ1) is 13.4. The molecule has 18 heavy (non-hydrogen) atoms. The minimum Gasteiger partial charge on any atom is -0.308 e. The van der Waals surface area contributed by atoms with Gasteiger partial charge in [0.1, 0.15) is 0 Å². The highest BCUT2D eigenvalue weighted by atomic mass is 32.2. The maximum absolute atomic E-state index is 12.6. The van der Waals surface area contributed by atoms with Gasteiger partial charge in [-0.05, 0) is 33.0 Å². The predicted molar refractivity (Wildman–Crippen MR) is 77.2 cm³/mol. The van der Waals surface area contributed by atoms with Crippen molar-refractivity contribution < 1.29 is 4.79 Å². The second-order valence-corrected chi connectivity index (χ2v) is 6.28. The van der Waals surface area contributed by atoms with Gasteiger partial charge in [0.05, 0.1) is 11.7 Å². The largest absolute Gasteiger partial charge is 0.308 e. The number of carbonyl (C=O) groups is 1. The second-order valence-electron chi connectivity index (χ2n) is 4.86. The van der Waals surface area contributed by atoms with Crippen LogP contribution in [-0.2, 0) is 4.79 Å². The summed E-state index contributed by atoms with van der Waals surface area (Å²) in [7, 11) is 1.86. The first-order chi connectivity index (χ1) is 8.56. The van der Waals surface area contributed by atoms with Crippen molar-refractivity contribution in [3.05, 3.63) is 24.3 Å². The van der Waals surface area contributed by atoms with E-state index in [-0.39, 0.29) is 23.2 Å². The smallest absolute Gasteiger partial charge is 0.245 e. The van der Waals surface area contributed by atoms with E-state index < -0.39 is 0 Å². The molecule has 1 aromatic carbocycles. The van der Waals surface area contributed by atoms with Crippen molar-refractivity contribution in [2.24, 2.45) is 0 Å². The van der Waals surface area contributed by atoms with Crippen molar-refractivity contribution in [3.8, 4) is 0 Å². The molecule has 0 fully saturated rings. The predicted octanol–water partition coefficient (Wildman–Crippen LogP) is 2.51. The quantitative estimate of drug-likeness (QED) is 0.891. The molecule has 1 aromatic rings. The SMILES string of the molecule is CNC1C(=O)N(C(C)C)c2ccccc2SC1C. The van der Waals surface area contributed by atoms with E-state index in [1.54, 1.807) is 11.8 Å². The normalized spacial score (nSPS) is 24.1. The van der Waals surface area contributed by atoms with E-state index in [4.69, 9.17) is 0 Å². The number of nitrogens with zero attached hydrogens (tertiary/aromatic N) is 1. The number of thioether (sulfide) groups is 1. The van der Waals surface area contributed by atoms with Crippen LogP contribution in [0.1, 0.15) is 20.8 Å². The summed E-state index contributed by atoms with van der Waals surface area (Å²) in [6.45, 7) is 6.22. The Hall–Kier alpha value is -1.00. The molecule has 0 aliphatic carbocycles. The molecule has 98 valence electrons. The molecule has 0 bridgehead atoms. The zero-order valence-electron chi connectivity index (χ0n) is 11.3. The zero-order chi connectivity index (χ0) is 13.3. The fourth-order valence-corrected chi connectivity index (χ4v) is 3.62. The number of fused-ring (bicyclic) bond motifs is 1. The second kappa shape index (κ2) is 5.33. The first-order valence-electron chi connectivity index (χ1n) is 6.32. The summed E-state index contributed by atoms with van der Waals surface area (Å²) in [5.74, 6) is 0.164. The van der Waals surface area contributed by atoms with E-state index in [2.05, 4.69) is 32.2 Å². The van der Waals surface area contributed by atoms with Crippen LogP contribution < -0.4 is 10.2 Å². The van der Waals surface area contributed by atoms with Gasteiger partial charge in [0.25, 0.3) is 0 Å². The Kier molecular flexibility index (Phi) is 3.97. The highest BCUT2D eigenvalue weighted by molar-refractivity contribution is 8.00. The maximum Gasteiger partial charge on any atom is 0.245 e. The van der Waals surface area contributed by atoms with Crippen LogP contribution >= 0.6 is 11.8 Å². The molecule has 1 aliphatic heterocycles. The van der Waals surface area contributed by atoms with Gasteiger partial charge in [0.2, 0.25) is 5.91 Å². The van der Waals surface area contributed by atoms with Crippen LogP contribution in [0.15, 0.2) is 29.2 Å². The van der Waals surface area contributed by atoms with Gasteiger partial charge in [-0.25, -0.2) is 0 Å². The molecule has 2 atom stereocenters. The summed E-state index contributed by atoms with van der Waals surface area (Å²) in [6.07, 6.45) is 0. The van der Waals surface area contributed by atoms with Crippen molar-refractivity contribution in [2.45, 2.75) is 43.0 Å². The van der Waals surface area contributed by atoms with Crippen LogP contribution in [-0.4, -0.2) is 30.3 Å². The lowest BCUT2D eigenvalue weighted by Gasteiger charge is -2.29. The summed E-state index contributed by atoms with van der Waals surface area (Å²) < 4.78 is 0. The van der Waals surface area contributed by atoms with Gasteiger partial charge in [-0.3, -0.25) is 4.79 Å². The van der Waals surface area contributed by atoms with Crippen LogP contribution in [0.5, 0.6) is 0 Å². The van der Waals surface area contributed by atoms with Gasteiger partial charge >= 0.3 is 0 Å². The first-order valence-corrected chi connectivity index (χ1v) is 7.20. The Morgan fingerprint density at radius 3 is 2.61 bits per heavy atom. The van der Waals surface area contributed by atoms with Gasteiger partial charge in [0.15, 0.2) is 0 Å². The fraction of sp³-hybridized carbons (Fsp3) is 0.500. The molecular weight excluding hydrogens is 244 g/mol. The average molecular weight is 264 g/mol. The molecule has 3 nitrogen and oxygen atoms in total. The van der Waals surface area contributed by atoms with Crippen LogP contribution in [0.4, 0.5) is 5.69 Å². The number of rotatable bonds is 2. The number of hydrogen-bond donors (Lipinski definition) is 1. The Bertz CT molecular complexity index is 447. The molecule has 2 unspecified atom stereocenters. The van der Waals surface area contributed by atoms with Crippen molar-refractivity contribution in [3.63, 3.8) is 0 Å². The molecule has 1 N–H and O–H groups in total.